The van der Waals surface area contributed by atoms with Crippen LogP contribution in [0.3, 0.4) is 0 Å². The van der Waals surface area contributed by atoms with Gasteiger partial charge in [0.2, 0.25) is 5.91 Å². The number of likely N-dealkylation sites (tertiary alicyclic amines) is 1. The van der Waals surface area contributed by atoms with Crippen LogP contribution in [0, 0.1) is 11.7 Å². The first kappa shape index (κ1) is 24.6. The molecule has 1 N–H and O–H groups in total. The smallest absolute Gasteiger partial charge is 0.254 e. The highest BCUT2D eigenvalue weighted by molar-refractivity contribution is 7.90. The van der Waals surface area contributed by atoms with E-state index in [9.17, 15) is 22.4 Å². The zero-order valence-corrected chi connectivity index (χ0v) is 20.4. The monoisotopic (exact) mass is 508 g/mol. The summed E-state index contributed by atoms with van der Waals surface area (Å²) in [6, 6.07) is 8.52. The fourth-order valence-electron chi connectivity index (χ4n) is 4.49. The number of halogens is 2. The predicted octanol–water partition coefficient (Wildman–Crippen LogP) is 3.38. The zero-order valence-electron chi connectivity index (χ0n) is 18.8. The van der Waals surface area contributed by atoms with Crippen molar-refractivity contribution < 1.29 is 27.1 Å². The van der Waals surface area contributed by atoms with Crippen LogP contribution >= 0.6 is 11.6 Å². The van der Waals surface area contributed by atoms with Crippen molar-refractivity contribution in [2.45, 2.75) is 42.8 Å². The van der Waals surface area contributed by atoms with E-state index in [-0.39, 0.29) is 33.3 Å². The lowest BCUT2D eigenvalue weighted by atomic mass is 9.90. The van der Waals surface area contributed by atoms with Crippen molar-refractivity contribution in [2.24, 2.45) is 5.92 Å². The minimum atomic E-state index is -3.49. The number of hydrogen-bond donors (Lipinski definition) is 1. The fourth-order valence-corrected chi connectivity index (χ4v) is 5.32. The van der Waals surface area contributed by atoms with Gasteiger partial charge in [0.05, 0.1) is 24.2 Å². The summed E-state index contributed by atoms with van der Waals surface area (Å²) in [5, 5.41) is 3.20. The maximum Gasteiger partial charge on any atom is 0.254 e. The molecule has 182 valence electrons. The van der Waals surface area contributed by atoms with E-state index in [1.165, 1.54) is 35.2 Å². The summed E-state index contributed by atoms with van der Waals surface area (Å²) >= 11 is 5.89. The van der Waals surface area contributed by atoms with Crippen LogP contribution in [0.25, 0.3) is 0 Å². The molecule has 0 saturated carbocycles. The van der Waals surface area contributed by atoms with Gasteiger partial charge in [-0.15, -0.1) is 0 Å². The third-order valence-corrected chi connectivity index (χ3v) is 7.79. The molecular weight excluding hydrogens is 483 g/mol. The van der Waals surface area contributed by atoms with Crippen molar-refractivity contribution in [1.82, 2.24) is 10.2 Å². The normalized spacial score (nSPS) is 21.7. The van der Waals surface area contributed by atoms with Gasteiger partial charge >= 0.3 is 0 Å². The van der Waals surface area contributed by atoms with E-state index >= 15 is 0 Å². The summed E-state index contributed by atoms with van der Waals surface area (Å²) in [4.78, 5) is 28.3. The number of carbonyl (C=O) groups is 2. The molecule has 0 unspecified atom stereocenters. The van der Waals surface area contributed by atoms with Crippen molar-refractivity contribution in [3.8, 4) is 0 Å². The SMILES string of the molecule is C[C@@H]1CC[C@H](C(=O)N[C@@H](c2ccc(Cl)cc2F)C2COC2)N1C(=O)c1cccc(S(C)(=O)=O)c1. The van der Waals surface area contributed by atoms with Gasteiger partial charge < -0.3 is 15.0 Å². The highest BCUT2D eigenvalue weighted by atomic mass is 35.5. The molecule has 2 amide bonds. The average molecular weight is 509 g/mol. The summed E-state index contributed by atoms with van der Waals surface area (Å²) in [6.45, 7) is 2.62. The molecule has 0 radical (unpaired) electrons. The van der Waals surface area contributed by atoms with Gasteiger partial charge in [-0.25, -0.2) is 12.8 Å². The second kappa shape index (κ2) is 9.64. The minimum Gasteiger partial charge on any atom is -0.381 e. The van der Waals surface area contributed by atoms with Crippen molar-refractivity contribution in [2.75, 3.05) is 19.5 Å². The molecule has 2 heterocycles. The van der Waals surface area contributed by atoms with Crippen LogP contribution in [0.2, 0.25) is 5.02 Å². The number of amides is 2. The maximum absolute atomic E-state index is 14.7. The Balaban J connectivity index is 1.58. The highest BCUT2D eigenvalue weighted by Gasteiger charge is 2.41. The van der Waals surface area contributed by atoms with E-state index < -0.39 is 33.6 Å². The Bertz CT molecular complexity index is 1220. The first-order chi connectivity index (χ1) is 16.1. The molecule has 2 fully saturated rings. The Hall–Kier alpha value is -2.49. The lowest BCUT2D eigenvalue weighted by molar-refractivity contribution is -0.128. The van der Waals surface area contributed by atoms with Crippen LogP contribution in [0.4, 0.5) is 4.39 Å². The predicted molar refractivity (Wildman–Crippen MR) is 125 cm³/mol. The van der Waals surface area contributed by atoms with Gasteiger partial charge in [-0.2, -0.15) is 0 Å². The Kier molecular flexibility index (Phi) is 6.98. The molecule has 0 spiro atoms. The molecule has 0 bridgehead atoms. The second-order valence-electron chi connectivity index (χ2n) is 8.90. The number of hydrogen-bond acceptors (Lipinski definition) is 5. The van der Waals surface area contributed by atoms with Gasteiger partial charge in [0.25, 0.3) is 5.91 Å². The number of nitrogens with zero attached hydrogens (tertiary/aromatic N) is 1. The number of rotatable bonds is 6. The van der Waals surface area contributed by atoms with E-state index in [1.807, 2.05) is 6.92 Å². The molecule has 2 aliphatic rings. The minimum absolute atomic E-state index is 0.0365. The maximum atomic E-state index is 14.7. The highest BCUT2D eigenvalue weighted by Crippen LogP contribution is 2.33. The molecule has 0 aromatic heterocycles. The molecule has 7 nitrogen and oxygen atoms in total. The van der Waals surface area contributed by atoms with Crippen molar-refractivity contribution in [1.29, 1.82) is 0 Å². The van der Waals surface area contributed by atoms with Crippen LogP contribution < -0.4 is 5.32 Å². The number of ether oxygens (including phenoxy) is 1. The van der Waals surface area contributed by atoms with Crippen LogP contribution in [0.15, 0.2) is 47.4 Å². The molecule has 34 heavy (non-hydrogen) atoms. The first-order valence-electron chi connectivity index (χ1n) is 11.0. The van der Waals surface area contributed by atoms with E-state index in [4.69, 9.17) is 16.3 Å². The summed E-state index contributed by atoms with van der Waals surface area (Å²) in [7, 11) is -3.49. The Morgan fingerprint density at radius 3 is 2.53 bits per heavy atom. The van der Waals surface area contributed by atoms with Crippen molar-refractivity contribution in [3.63, 3.8) is 0 Å². The fraction of sp³-hybridized carbons (Fsp3) is 0.417. The lowest BCUT2D eigenvalue weighted by Crippen LogP contribution is -2.51. The quantitative estimate of drug-likeness (QED) is 0.645. The van der Waals surface area contributed by atoms with Crippen LogP contribution in [0.1, 0.15) is 41.7 Å². The molecule has 2 aliphatic heterocycles. The third kappa shape index (κ3) is 4.96. The summed E-state index contributed by atoms with van der Waals surface area (Å²) < 4.78 is 43.8. The lowest BCUT2D eigenvalue weighted by Gasteiger charge is -2.36. The molecule has 0 aliphatic carbocycles. The molecular formula is C24H26ClFN2O5S. The Morgan fingerprint density at radius 2 is 1.91 bits per heavy atom. The Morgan fingerprint density at radius 1 is 1.18 bits per heavy atom. The standard InChI is InChI=1S/C24H26ClFN2O5S/c1-14-6-9-21(28(14)24(30)15-4-3-5-18(10-15)34(2,31)32)23(29)27-22(16-12-33-13-16)19-8-7-17(25)11-20(19)26/h3-5,7-8,10-11,14,16,21-22H,6,9,12-13H2,1-2H3,(H,27,29)/t14-,21-,22-/m1/s1. The third-order valence-electron chi connectivity index (χ3n) is 6.45. The number of benzene rings is 2. The van der Waals surface area contributed by atoms with Gasteiger partial charge in [-0.1, -0.05) is 23.7 Å². The summed E-state index contributed by atoms with van der Waals surface area (Å²) in [5.41, 5.74) is 0.512. The number of sulfone groups is 1. The number of nitrogens with one attached hydrogen (secondary N) is 1. The average Bonchev–Trinajstić information content (AvgIpc) is 3.12. The zero-order chi connectivity index (χ0) is 24.6. The number of carbonyl (C=O) groups excluding carboxylic acids is 2. The van der Waals surface area contributed by atoms with Crippen molar-refractivity contribution in [3.05, 3.63) is 64.4 Å². The van der Waals surface area contributed by atoms with E-state index in [0.29, 0.717) is 31.6 Å². The van der Waals surface area contributed by atoms with Crippen LogP contribution in [-0.2, 0) is 19.4 Å². The van der Waals surface area contributed by atoms with Crippen molar-refractivity contribution >= 4 is 33.3 Å². The van der Waals surface area contributed by atoms with Gasteiger partial charge in [0, 0.05) is 34.4 Å². The van der Waals surface area contributed by atoms with Gasteiger partial charge in [-0.05, 0) is 50.1 Å². The van der Waals surface area contributed by atoms with Crippen LogP contribution in [0.5, 0.6) is 0 Å². The van der Waals surface area contributed by atoms with E-state index in [2.05, 4.69) is 5.32 Å². The molecule has 10 heteroatoms. The molecule has 2 aromatic rings. The molecule has 3 atom stereocenters. The van der Waals surface area contributed by atoms with E-state index in [1.54, 1.807) is 12.1 Å². The van der Waals surface area contributed by atoms with E-state index in [0.717, 1.165) is 6.26 Å². The van der Waals surface area contributed by atoms with Gasteiger partial charge in [-0.3, -0.25) is 9.59 Å². The topological polar surface area (TPSA) is 92.8 Å². The molecule has 4 rings (SSSR count). The van der Waals surface area contributed by atoms with Gasteiger partial charge in [0.15, 0.2) is 9.84 Å². The first-order valence-corrected chi connectivity index (χ1v) is 13.3. The summed E-state index contributed by atoms with van der Waals surface area (Å²) in [6.07, 6.45) is 2.13. The van der Waals surface area contributed by atoms with Gasteiger partial charge in [0.1, 0.15) is 11.9 Å². The molecule has 2 aromatic carbocycles. The summed E-state index contributed by atoms with van der Waals surface area (Å²) in [5.74, 6) is -1.43. The van der Waals surface area contributed by atoms with Crippen LogP contribution in [-0.4, -0.2) is 56.7 Å². The largest absolute Gasteiger partial charge is 0.381 e. The molecule has 2 saturated heterocycles. The Labute approximate surface area is 203 Å². The second-order valence-corrected chi connectivity index (χ2v) is 11.4.